The Labute approximate surface area is 143 Å². The van der Waals surface area contributed by atoms with Gasteiger partial charge in [0.15, 0.2) is 0 Å². The number of likely N-dealkylation sites (tertiary alicyclic amines) is 1. The van der Waals surface area contributed by atoms with Gasteiger partial charge in [-0.25, -0.2) is 4.79 Å². The zero-order chi connectivity index (χ0) is 17.9. The molecule has 0 saturated carbocycles. The smallest absolute Gasteiger partial charge is 0.339 e. The maximum absolute atomic E-state index is 12.8. The van der Waals surface area contributed by atoms with E-state index in [4.69, 9.17) is 5.11 Å². The maximum atomic E-state index is 12.8. The molecule has 6 heteroatoms. The Morgan fingerprint density at radius 2 is 1.96 bits per heavy atom. The standard InChI is InChI=1S/C18H29N3O3/c1-5-6-15(12(2)3)17(22)20-9-7-14(8-10-20)21-13(4)16(11-19-21)18(23)24/h11-12,14-15H,5-10H2,1-4H3,(H,23,24). The molecule has 1 aliphatic rings. The highest BCUT2D eigenvalue weighted by molar-refractivity contribution is 5.88. The van der Waals surface area contributed by atoms with Gasteiger partial charge < -0.3 is 10.0 Å². The first kappa shape index (κ1) is 18.5. The molecule has 2 heterocycles. The van der Waals surface area contributed by atoms with Crippen LogP contribution in [0.4, 0.5) is 0 Å². The van der Waals surface area contributed by atoms with Gasteiger partial charge in [-0.1, -0.05) is 27.2 Å². The van der Waals surface area contributed by atoms with Crippen LogP contribution in [0.3, 0.4) is 0 Å². The SMILES string of the molecule is CCCC(C(=O)N1CCC(n2ncc(C(=O)O)c2C)CC1)C(C)C. The number of aromatic nitrogens is 2. The molecule has 1 unspecified atom stereocenters. The van der Waals surface area contributed by atoms with Gasteiger partial charge in [-0.05, 0) is 32.1 Å². The Kier molecular flexibility index (Phi) is 6.02. The van der Waals surface area contributed by atoms with Crippen LogP contribution in [0.5, 0.6) is 0 Å². The van der Waals surface area contributed by atoms with E-state index in [1.165, 1.54) is 6.20 Å². The molecule has 134 valence electrons. The van der Waals surface area contributed by atoms with E-state index in [-0.39, 0.29) is 23.4 Å². The summed E-state index contributed by atoms with van der Waals surface area (Å²) in [6, 6.07) is 0.172. The molecule has 24 heavy (non-hydrogen) atoms. The third-order valence-corrected chi connectivity index (χ3v) is 5.12. The van der Waals surface area contributed by atoms with Crippen LogP contribution in [0.1, 0.15) is 68.5 Å². The van der Waals surface area contributed by atoms with E-state index in [9.17, 15) is 9.59 Å². The van der Waals surface area contributed by atoms with Gasteiger partial charge in [-0.3, -0.25) is 9.48 Å². The van der Waals surface area contributed by atoms with Crippen molar-refractivity contribution in [3.8, 4) is 0 Å². The van der Waals surface area contributed by atoms with E-state index < -0.39 is 5.97 Å². The lowest BCUT2D eigenvalue weighted by atomic mass is 9.89. The van der Waals surface area contributed by atoms with Crippen molar-refractivity contribution in [1.29, 1.82) is 0 Å². The van der Waals surface area contributed by atoms with Crippen LogP contribution in [0, 0.1) is 18.8 Å². The van der Waals surface area contributed by atoms with Gasteiger partial charge in [0.1, 0.15) is 5.56 Å². The first-order chi connectivity index (χ1) is 11.4. The first-order valence-electron chi connectivity index (χ1n) is 8.93. The van der Waals surface area contributed by atoms with E-state index in [1.54, 1.807) is 6.92 Å². The number of carbonyl (C=O) groups excluding carboxylic acids is 1. The number of amides is 1. The summed E-state index contributed by atoms with van der Waals surface area (Å²) in [6.07, 6.45) is 5.03. The Morgan fingerprint density at radius 1 is 1.33 bits per heavy atom. The maximum Gasteiger partial charge on any atom is 0.339 e. The number of rotatable bonds is 6. The molecule has 1 fully saturated rings. The quantitative estimate of drug-likeness (QED) is 0.866. The van der Waals surface area contributed by atoms with Gasteiger partial charge in [0.05, 0.1) is 17.9 Å². The van der Waals surface area contributed by atoms with Gasteiger partial charge in [0.25, 0.3) is 0 Å². The molecule has 1 saturated heterocycles. The Hall–Kier alpha value is -1.85. The molecule has 2 rings (SSSR count). The topological polar surface area (TPSA) is 75.4 Å². The number of carbonyl (C=O) groups is 2. The predicted molar refractivity (Wildman–Crippen MR) is 92.0 cm³/mol. The molecule has 0 aromatic carbocycles. The van der Waals surface area contributed by atoms with Crippen LogP contribution in [0.25, 0.3) is 0 Å². The Bertz CT molecular complexity index is 586. The molecule has 0 radical (unpaired) electrons. The van der Waals surface area contributed by atoms with Crippen LogP contribution in [-0.4, -0.2) is 44.8 Å². The molecule has 1 aliphatic heterocycles. The van der Waals surface area contributed by atoms with Crippen LogP contribution in [-0.2, 0) is 4.79 Å². The lowest BCUT2D eigenvalue weighted by Crippen LogP contribution is -2.43. The van der Waals surface area contributed by atoms with Crippen molar-refractivity contribution in [1.82, 2.24) is 14.7 Å². The fourth-order valence-corrected chi connectivity index (χ4v) is 3.62. The van der Waals surface area contributed by atoms with Gasteiger partial charge in [-0.15, -0.1) is 0 Å². The fourth-order valence-electron chi connectivity index (χ4n) is 3.62. The van der Waals surface area contributed by atoms with Crippen molar-refractivity contribution in [2.75, 3.05) is 13.1 Å². The second kappa shape index (κ2) is 7.81. The van der Waals surface area contributed by atoms with E-state index >= 15 is 0 Å². The fraction of sp³-hybridized carbons (Fsp3) is 0.722. The van der Waals surface area contributed by atoms with Crippen molar-refractivity contribution >= 4 is 11.9 Å². The third-order valence-electron chi connectivity index (χ3n) is 5.12. The molecular weight excluding hydrogens is 306 g/mol. The zero-order valence-corrected chi connectivity index (χ0v) is 15.2. The summed E-state index contributed by atoms with van der Waals surface area (Å²) >= 11 is 0. The summed E-state index contributed by atoms with van der Waals surface area (Å²) in [7, 11) is 0. The average molecular weight is 335 g/mol. The summed E-state index contributed by atoms with van der Waals surface area (Å²) in [5.74, 6) is -0.197. The Balaban J connectivity index is 2.00. The third kappa shape index (κ3) is 3.79. The van der Waals surface area contributed by atoms with Gasteiger partial charge in [0.2, 0.25) is 5.91 Å². The van der Waals surface area contributed by atoms with Crippen LogP contribution in [0.2, 0.25) is 0 Å². The van der Waals surface area contributed by atoms with Gasteiger partial charge in [0, 0.05) is 19.0 Å². The van der Waals surface area contributed by atoms with E-state index in [2.05, 4.69) is 25.9 Å². The van der Waals surface area contributed by atoms with Gasteiger partial charge in [-0.2, -0.15) is 5.10 Å². The number of hydrogen-bond donors (Lipinski definition) is 1. The molecule has 0 aliphatic carbocycles. The monoisotopic (exact) mass is 335 g/mol. The Morgan fingerprint density at radius 3 is 2.42 bits per heavy atom. The van der Waals surface area contributed by atoms with Crippen molar-refractivity contribution in [3.05, 3.63) is 17.5 Å². The molecule has 1 aromatic rings. The number of hydrogen-bond acceptors (Lipinski definition) is 3. The normalized spacial score (nSPS) is 17.3. The molecule has 1 atom stereocenters. The largest absolute Gasteiger partial charge is 0.478 e. The lowest BCUT2D eigenvalue weighted by molar-refractivity contribution is -0.138. The summed E-state index contributed by atoms with van der Waals surface area (Å²) in [4.78, 5) is 25.9. The minimum atomic E-state index is -0.939. The van der Waals surface area contributed by atoms with Crippen molar-refractivity contribution in [2.45, 2.75) is 59.4 Å². The molecule has 1 N–H and O–H groups in total. The summed E-state index contributed by atoms with van der Waals surface area (Å²) in [5, 5.41) is 13.4. The van der Waals surface area contributed by atoms with Crippen molar-refractivity contribution in [2.24, 2.45) is 11.8 Å². The van der Waals surface area contributed by atoms with Crippen LogP contribution in [0.15, 0.2) is 6.20 Å². The molecule has 0 bridgehead atoms. The average Bonchev–Trinajstić information content (AvgIpc) is 2.93. The summed E-state index contributed by atoms with van der Waals surface area (Å²) < 4.78 is 1.82. The van der Waals surface area contributed by atoms with E-state index in [0.717, 1.165) is 38.8 Å². The number of carboxylic acid groups (broad SMARTS) is 1. The molecule has 0 spiro atoms. The number of nitrogens with zero attached hydrogens (tertiary/aromatic N) is 3. The summed E-state index contributed by atoms with van der Waals surface area (Å²) in [6.45, 7) is 9.59. The van der Waals surface area contributed by atoms with Crippen molar-refractivity contribution in [3.63, 3.8) is 0 Å². The minimum Gasteiger partial charge on any atom is -0.478 e. The highest BCUT2D eigenvalue weighted by Crippen LogP contribution is 2.27. The predicted octanol–water partition coefficient (Wildman–Crippen LogP) is 3.13. The van der Waals surface area contributed by atoms with Crippen LogP contribution >= 0.6 is 0 Å². The number of carboxylic acids is 1. The second-order valence-electron chi connectivity index (χ2n) is 7.09. The van der Waals surface area contributed by atoms with Crippen LogP contribution < -0.4 is 0 Å². The molecule has 1 aromatic heterocycles. The van der Waals surface area contributed by atoms with E-state index in [0.29, 0.717) is 11.6 Å². The highest BCUT2D eigenvalue weighted by atomic mass is 16.4. The minimum absolute atomic E-state index is 0.108. The first-order valence-corrected chi connectivity index (χ1v) is 8.93. The second-order valence-corrected chi connectivity index (χ2v) is 7.09. The molecule has 6 nitrogen and oxygen atoms in total. The molecule has 1 amide bonds. The molecular formula is C18H29N3O3. The lowest BCUT2D eigenvalue weighted by Gasteiger charge is -2.35. The summed E-state index contributed by atoms with van der Waals surface area (Å²) in [5.41, 5.74) is 0.953. The van der Waals surface area contributed by atoms with Crippen molar-refractivity contribution < 1.29 is 14.7 Å². The van der Waals surface area contributed by atoms with E-state index in [1.807, 2.05) is 9.58 Å². The highest BCUT2D eigenvalue weighted by Gasteiger charge is 2.31. The zero-order valence-electron chi connectivity index (χ0n) is 15.2. The van der Waals surface area contributed by atoms with Gasteiger partial charge >= 0.3 is 5.97 Å². The number of piperidine rings is 1. The number of aromatic carboxylic acids is 1.